The molecular formula is C26H28O10. The molecule has 2 aromatic rings. The second kappa shape index (κ2) is 12.0. The van der Waals surface area contributed by atoms with Crippen molar-refractivity contribution in [2.45, 2.75) is 61.0 Å². The molecule has 1 unspecified atom stereocenters. The number of fused-ring (bicyclic) bond motifs is 1. The van der Waals surface area contributed by atoms with Gasteiger partial charge in [-0.25, -0.2) is 0 Å². The van der Waals surface area contributed by atoms with Gasteiger partial charge >= 0.3 is 29.8 Å². The predicted octanol–water partition coefficient (Wildman–Crippen LogP) is 4.50. The van der Waals surface area contributed by atoms with Crippen molar-refractivity contribution in [1.82, 2.24) is 0 Å². The Morgan fingerprint density at radius 2 is 1.14 bits per heavy atom. The van der Waals surface area contributed by atoms with E-state index in [4.69, 9.17) is 23.7 Å². The molecule has 0 aliphatic carbocycles. The standard InChI is InChI=1S/C26H28O10/c1-13(2)8-9-20(32-14(3)27)19-12-23(35-17(6)30)24-21(33-15(4)28)10-11-22(34-16(5)29)25(24)26(19)36-18(7)31/h8,10-12,20H,9H2,1-7H3. The highest BCUT2D eigenvalue weighted by Gasteiger charge is 2.29. The molecule has 36 heavy (non-hydrogen) atoms. The Labute approximate surface area is 208 Å². The van der Waals surface area contributed by atoms with Crippen LogP contribution in [-0.2, 0) is 28.7 Å². The van der Waals surface area contributed by atoms with Gasteiger partial charge in [-0.1, -0.05) is 11.6 Å². The maximum atomic E-state index is 12.2. The Hall–Kier alpha value is -4.21. The first-order valence-corrected chi connectivity index (χ1v) is 11.0. The number of ether oxygens (including phenoxy) is 5. The number of carbonyl (C=O) groups is 5. The zero-order chi connectivity index (χ0) is 27.2. The molecule has 0 aromatic heterocycles. The molecule has 0 radical (unpaired) electrons. The molecule has 10 heteroatoms. The van der Waals surface area contributed by atoms with Crippen LogP contribution in [0.5, 0.6) is 23.0 Å². The molecule has 0 bridgehead atoms. The van der Waals surface area contributed by atoms with Gasteiger partial charge in [0.05, 0.1) is 10.8 Å². The summed E-state index contributed by atoms with van der Waals surface area (Å²) in [5.74, 6) is -3.73. The van der Waals surface area contributed by atoms with Crippen molar-refractivity contribution in [2.75, 3.05) is 0 Å². The van der Waals surface area contributed by atoms with E-state index in [1.807, 2.05) is 19.9 Å². The Morgan fingerprint density at radius 3 is 1.58 bits per heavy atom. The lowest BCUT2D eigenvalue weighted by Gasteiger charge is -2.23. The zero-order valence-corrected chi connectivity index (χ0v) is 21.2. The van der Waals surface area contributed by atoms with Crippen LogP contribution in [0.2, 0.25) is 0 Å². The summed E-state index contributed by atoms with van der Waals surface area (Å²) in [6.07, 6.45) is 1.02. The Morgan fingerprint density at radius 1 is 0.667 bits per heavy atom. The first-order valence-electron chi connectivity index (χ1n) is 11.0. The number of hydrogen-bond acceptors (Lipinski definition) is 10. The van der Waals surface area contributed by atoms with Crippen LogP contribution in [0.25, 0.3) is 10.8 Å². The van der Waals surface area contributed by atoms with Crippen LogP contribution in [0.15, 0.2) is 29.8 Å². The minimum Gasteiger partial charge on any atom is -0.457 e. The minimum atomic E-state index is -0.979. The third kappa shape index (κ3) is 7.39. The summed E-state index contributed by atoms with van der Waals surface area (Å²) in [4.78, 5) is 59.8. The van der Waals surface area contributed by atoms with Gasteiger partial charge in [0, 0.05) is 46.6 Å². The molecule has 0 saturated heterocycles. The van der Waals surface area contributed by atoms with E-state index < -0.39 is 36.0 Å². The fourth-order valence-corrected chi connectivity index (χ4v) is 3.45. The number of esters is 5. The van der Waals surface area contributed by atoms with Crippen molar-refractivity contribution in [3.8, 4) is 23.0 Å². The molecule has 2 aromatic carbocycles. The molecule has 0 aliphatic rings. The number of carbonyl (C=O) groups excluding carboxylic acids is 5. The summed E-state index contributed by atoms with van der Waals surface area (Å²) in [5, 5.41) is 0.0326. The molecule has 0 aliphatic heterocycles. The lowest BCUT2D eigenvalue weighted by Crippen LogP contribution is -2.14. The fourth-order valence-electron chi connectivity index (χ4n) is 3.45. The summed E-state index contributed by atoms with van der Waals surface area (Å²) < 4.78 is 27.2. The van der Waals surface area contributed by atoms with Gasteiger partial charge in [-0.15, -0.1) is 0 Å². The first-order chi connectivity index (χ1) is 16.8. The topological polar surface area (TPSA) is 132 Å². The highest BCUT2D eigenvalue weighted by atomic mass is 16.6. The van der Waals surface area contributed by atoms with E-state index in [1.54, 1.807) is 0 Å². The lowest BCUT2D eigenvalue weighted by atomic mass is 9.96. The molecule has 1 atom stereocenters. The largest absolute Gasteiger partial charge is 0.457 e. The van der Waals surface area contributed by atoms with Gasteiger partial charge in [-0.05, 0) is 32.0 Å². The molecule has 0 heterocycles. The van der Waals surface area contributed by atoms with Gasteiger partial charge in [0.15, 0.2) is 0 Å². The normalized spacial score (nSPS) is 11.2. The van der Waals surface area contributed by atoms with Crippen molar-refractivity contribution < 1.29 is 47.7 Å². The summed E-state index contributed by atoms with van der Waals surface area (Å²) >= 11 is 0. The van der Waals surface area contributed by atoms with Crippen LogP contribution in [0, 0.1) is 0 Å². The Kier molecular flexibility index (Phi) is 9.32. The average molecular weight is 501 g/mol. The lowest BCUT2D eigenvalue weighted by molar-refractivity contribution is -0.146. The highest BCUT2D eigenvalue weighted by molar-refractivity contribution is 6.06. The Bertz CT molecular complexity index is 1250. The minimum absolute atomic E-state index is 0.00209. The van der Waals surface area contributed by atoms with Gasteiger partial charge < -0.3 is 23.7 Å². The van der Waals surface area contributed by atoms with E-state index in [1.165, 1.54) is 45.9 Å². The molecule has 0 fully saturated rings. The summed E-state index contributed by atoms with van der Waals surface area (Å²) in [5.41, 5.74) is 1.09. The molecule has 192 valence electrons. The molecule has 0 amide bonds. The molecule has 0 N–H and O–H groups in total. The molecule has 0 spiro atoms. The van der Waals surface area contributed by atoms with Gasteiger partial charge in [-0.2, -0.15) is 0 Å². The van der Waals surface area contributed by atoms with Crippen molar-refractivity contribution in [2.24, 2.45) is 0 Å². The quantitative estimate of drug-likeness (QED) is 0.290. The van der Waals surface area contributed by atoms with Crippen LogP contribution in [-0.4, -0.2) is 29.8 Å². The van der Waals surface area contributed by atoms with Crippen molar-refractivity contribution in [1.29, 1.82) is 0 Å². The van der Waals surface area contributed by atoms with Crippen LogP contribution in [0.1, 0.15) is 66.6 Å². The van der Waals surface area contributed by atoms with Gasteiger partial charge in [-0.3, -0.25) is 24.0 Å². The second-order valence-corrected chi connectivity index (χ2v) is 8.09. The Balaban J connectivity index is 3.13. The summed E-state index contributed by atoms with van der Waals surface area (Å²) in [6.45, 7) is 9.60. The van der Waals surface area contributed by atoms with Crippen LogP contribution >= 0.6 is 0 Å². The van der Waals surface area contributed by atoms with E-state index in [2.05, 4.69) is 0 Å². The SMILES string of the molecule is CC(=O)Oc1ccc(OC(C)=O)c2c(OC(C)=O)c(C(CC=C(C)C)OC(C)=O)cc(OC(C)=O)c12. The van der Waals surface area contributed by atoms with Crippen molar-refractivity contribution >= 4 is 40.6 Å². The van der Waals surface area contributed by atoms with E-state index in [9.17, 15) is 24.0 Å². The van der Waals surface area contributed by atoms with Crippen LogP contribution in [0.4, 0.5) is 0 Å². The number of allylic oxidation sites excluding steroid dienone is 1. The molecule has 2 rings (SSSR count). The summed E-state index contributed by atoms with van der Waals surface area (Å²) in [7, 11) is 0. The number of rotatable bonds is 8. The van der Waals surface area contributed by atoms with E-state index in [-0.39, 0.29) is 45.8 Å². The maximum absolute atomic E-state index is 12.2. The zero-order valence-electron chi connectivity index (χ0n) is 21.2. The summed E-state index contributed by atoms with van der Waals surface area (Å²) in [6, 6.07) is 4.05. The van der Waals surface area contributed by atoms with Crippen molar-refractivity contribution in [3.05, 3.63) is 35.4 Å². The van der Waals surface area contributed by atoms with E-state index in [0.29, 0.717) is 0 Å². The molecule has 10 nitrogen and oxygen atoms in total. The third-order valence-corrected chi connectivity index (χ3v) is 4.55. The average Bonchev–Trinajstić information content (AvgIpc) is 2.72. The first kappa shape index (κ1) is 28.0. The van der Waals surface area contributed by atoms with Gasteiger partial charge in [0.25, 0.3) is 0 Å². The van der Waals surface area contributed by atoms with Gasteiger partial charge in [0.1, 0.15) is 29.1 Å². The van der Waals surface area contributed by atoms with Crippen LogP contribution < -0.4 is 18.9 Å². The van der Waals surface area contributed by atoms with Gasteiger partial charge in [0.2, 0.25) is 0 Å². The smallest absolute Gasteiger partial charge is 0.308 e. The monoisotopic (exact) mass is 500 g/mol. The predicted molar refractivity (Wildman–Crippen MR) is 128 cm³/mol. The number of benzene rings is 2. The van der Waals surface area contributed by atoms with E-state index >= 15 is 0 Å². The highest BCUT2D eigenvalue weighted by Crippen LogP contribution is 2.49. The maximum Gasteiger partial charge on any atom is 0.308 e. The fraction of sp³-hybridized carbons (Fsp3) is 0.346. The van der Waals surface area contributed by atoms with E-state index in [0.717, 1.165) is 12.5 Å². The van der Waals surface area contributed by atoms with Crippen molar-refractivity contribution in [3.63, 3.8) is 0 Å². The number of hydrogen-bond donors (Lipinski definition) is 0. The molecular weight excluding hydrogens is 472 g/mol. The third-order valence-electron chi connectivity index (χ3n) is 4.55. The van der Waals surface area contributed by atoms with Crippen LogP contribution in [0.3, 0.4) is 0 Å². The second-order valence-electron chi connectivity index (χ2n) is 8.09. The molecule has 0 saturated carbocycles.